The van der Waals surface area contributed by atoms with E-state index in [0.29, 0.717) is 11.4 Å². The second-order valence-corrected chi connectivity index (χ2v) is 2.40. The fourth-order valence-corrected chi connectivity index (χ4v) is 1.10. The number of nitro groups is 1. The third-order valence-electron chi connectivity index (χ3n) is 1.64. The summed E-state index contributed by atoms with van der Waals surface area (Å²) in [5, 5.41) is 14.4. The van der Waals surface area contributed by atoms with E-state index in [1.165, 1.54) is 10.9 Å². The summed E-state index contributed by atoms with van der Waals surface area (Å²) in [4.78, 5) is 10.1. The van der Waals surface area contributed by atoms with Gasteiger partial charge in [-0.2, -0.15) is 5.10 Å². The van der Waals surface area contributed by atoms with Gasteiger partial charge >= 0.3 is 5.69 Å². The highest BCUT2D eigenvalue weighted by molar-refractivity contribution is 5.43. The van der Waals surface area contributed by atoms with E-state index >= 15 is 0 Å². The molecule has 0 aliphatic heterocycles. The smallest absolute Gasteiger partial charge is 0.258 e. The lowest BCUT2D eigenvalue weighted by Gasteiger charge is -1.91. The van der Waals surface area contributed by atoms with Gasteiger partial charge in [0.1, 0.15) is 11.4 Å². The molecule has 1 aromatic rings. The van der Waals surface area contributed by atoms with Crippen LogP contribution in [0.15, 0.2) is 6.58 Å². The van der Waals surface area contributed by atoms with Crippen LogP contribution in [0, 0.1) is 24.0 Å². The molecular formula is C7H9N3O2. The Hall–Kier alpha value is -1.65. The molecule has 1 heterocycles. The van der Waals surface area contributed by atoms with Gasteiger partial charge in [0.05, 0.1) is 4.92 Å². The normalized spacial score (nSPS) is 9.83. The molecule has 0 aliphatic carbocycles. The molecule has 1 aromatic heterocycles. The zero-order valence-corrected chi connectivity index (χ0v) is 6.94. The van der Waals surface area contributed by atoms with Crippen LogP contribution in [0.1, 0.15) is 11.4 Å². The number of nitrogens with zero attached hydrogens (tertiary/aromatic N) is 3. The predicted octanol–water partition coefficient (Wildman–Crippen LogP) is 1.51. The van der Waals surface area contributed by atoms with Gasteiger partial charge < -0.3 is 0 Å². The van der Waals surface area contributed by atoms with E-state index in [9.17, 15) is 10.1 Å². The van der Waals surface area contributed by atoms with Crippen LogP contribution >= 0.6 is 0 Å². The first-order chi connectivity index (χ1) is 5.57. The minimum Gasteiger partial charge on any atom is -0.258 e. The molecule has 0 saturated heterocycles. The Bertz CT molecular complexity index is 341. The van der Waals surface area contributed by atoms with E-state index in [4.69, 9.17) is 0 Å². The topological polar surface area (TPSA) is 61.0 Å². The van der Waals surface area contributed by atoms with Crippen molar-refractivity contribution >= 4 is 11.9 Å². The van der Waals surface area contributed by atoms with Gasteiger partial charge in [-0.05, 0) is 13.8 Å². The maximum atomic E-state index is 10.5. The monoisotopic (exact) mass is 167 g/mol. The lowest BCUT2D eigenvalue weighted by atomic mass is 10.3. The van der Waals surface area contributed by atoms with Crippen LogP contribution in [0.4, 0.5) is 5.69 Å². The zero-order valence-electron chi connectivity index (χ0n) is 6.94. The molecule has 0 spiro atoms. The SMILES string of the molecule is C=Cn1nc(C)c([N+](=O)[O-])c1C. The van der Waals surface area contributed by atoms with Crippen molar-refractivity contribution in [2.24, 2.45) is 0 Å². The molecule has 1 rings (SSSR count). The van der Waals surface area contributed by atoms with Crippen molar-refractivity contribution in [2.75, 3.05) is 0 Å². The highest BCUT2D eigenvalue weighted by Gasteiger charge is 2.20. The molecule has 5 nitrogen and oxygen atoms in total. The molecule has 0 aliphatic rings. The van der Waals surface area contributed by atoms with Crippen LogP contribution in [0.2, 0.25) is 0 Å². The van der Waals surface area contributed by atoms with E-state index in [1.807, 2.05) is 0 Å². The van der Waals surface area contributed by atoms with Gasteiger partial charge in [-0.25, -0.2) is 4.68 Å². The first-order valence-corrected chi connectivity index (χ1v) is 3.40. The van der Waals surface area contributed by atoms with Gasteiger partial charge in [0.25, 0.3) is 0 Å². The average Bonchev–Trinajstić information content (AvgIpc) is 2.25. The highest BCUT2D eigenvalue weighted by atomic mass is 16.6. The maximum Gasteiger partial charge on any atom is 0.313 e. The lowest BCUT2D eigenvalue weighted by Crippen LogP contribution is -1.93. The Kier molecular flexibility index (Phi) is 1.95. The number of aryl methyl sites for hydroxylation is 1. The van der Waals surface area contributed by atoms with E-state index in [2.05, 4.69) is 11.7 Å². The van der Waals surface area contributed by atoms with Crippen LogP contribution in [0.5, 0.6) is 0 Å². The second-order valence-electron chi connectivity index (χ2n) is 2.40. The van der Waals surface area contributed by atoms with Crippen molar-refractivity contribution in [3.8, 4) is 0 Å². The van der Waals surface area contributed by atoms with Crippen LogP contribution in [0.25, 0.3) is 6.20 Å². The number of hydrogen-bond donors (Lipinski definition) is 0. The van der Waals surface area contributed by atoms with E-state index in [0.717, 1.165) is 0 Å². The number of hydrogen-bond acceptors (Lipinski definition) is 3. The Morgan fingerprint density at radius 1 is 1.67 bits per heavy atom. The molecule has 0 radical (unpaired) electrons. The zero-order chi connectivity index (χ0) is 9.30. The summed E-state index contributed by atoms with van der Waals surface area (Å²) >= 11 is 0. The Morgan fingerprint density at radius 2 is 2.25 bits per heavy atom. The minimum atomic E-state index is -0.433. The van der Waals surface area contributed by atoms with Crippen LogP contribution in [-0.4, -0.2) is 14.7 Å². The van der Waals surface area contributed by atoms with Gasteiger partial charge in [0.15, 0.2) is 0 Å². The molecular weight excluding hydrogens is 158 g/mol. The summed E-state index contributed by atoms with van der Waals surface area (Å²) in [6.45, 7) is 6.72. The maximum absolute atomic E-state index is 10.5. The summed E-state index contributed by atoms with van der Waals surface area (Å²) < 4.78 is 1.40. The summed E-state index contributed by atoms with van der Waals surface area (Å²) in [6, 6.07) is 0. The Labute approximate surface area is 69.5 Å². The molecule has 0 fully saturated rings. The first kappa shape index (κ1) is 8.45. The van der Waals surface area contributed by atoms with Gasteiger partial charge in [-0.1, -0.05) is 6.58 Å². The van der Waals surface area contributed by atoms with E-state index in [1.54, 1.807) is 13.8 Å². The molecule has 5 heteroatoms. The van der Waals surface area contributed by atoms with E-state index in [-0.39, 0.29) is 5.69 Å². The molecule has 0 aromatic carbocycles. The van der Waals surface area contributed by atoms with Crippen molar-refractivity contribution in [2.45, 2.75) is 13.8 Å². The largest absolute Gasteiger partial charge is 0.313 e. The third-order valence-corrected chi connectivity index (χ3v) is 1.64. The molecule has 12 heavy (non-hydrogen) atoms. The molecule has 0 atom stereocenters. The van der Waals surface area contributed by atoms with Gasteiger partial charge in [-0.3, -0.25) is 10.1 Å². The van der Waals surface area contributed by atoms with Crippen molar-refractivity contribution in [3.63, 3.8) is 0 Å². The first-order valence-electron chi connectivity index (χ1n) is 3.40. The minimum absolute atomic E-state index is 0.0647. The van der Waals surface area contributed by atoms with Gasteiger partial charge in [0, 0.05) is 6.20 Å². The Balaban J connectivity index is 3.37. The van der Waals surface area contributed by atoms with Crippen molar-refractivity contribution in [3.05, 3.63) is 28.1 Å². The van der Waals surface area contributed by atoms with E-state index < -0.39 is 4.92 Å². The van der Waals surface area contributed by atoms with Gasteiger partial charge in [0.2, 0.25) is 0 Å². The lowest BCUT2D eigenvalue weighted by molar-refractivity contribution is -0.386. The quantitative estimate of drug-likeness (QED) is 0.495. The molecule has 64 valence electrons. The molecule has 0 saturated carbocycles. The standard InChI is InChI=1S/C7H9N3O2/c1-4-9-6(3)7(10(11)12)5(2)8-9/h4H,1H2,2-3H3. The van der Waals surface area contributed by atoms with Crippen molar-refractivity contribution in [1.82, 2.24) is 9.78 Å². The molecule has 0 amide bonds. The Morgan fingerprint density at radius 3 is 2.50 bits per heavy atom. The second kappa shape index (κ2) is 2.77. The van der Waals surface area contributed by atoms with Crippen LogP contribution in [-0.2, 0) is 0 Å². The van der Waals surface area contributed by atoms with Gasteiger partial charge in [-0.15, -0.1) is 0 Å². The molecule has 0 unspecified atom stereocenters. The average molecular weight is 167 g/mol. The summed E-state index contributed by atoms with van der Waals surface area (Å²) in [7, 11) is 0. The fraction of sp³-hybridized carbons (Fsp3) is 0.286. The van der Waals surface area contributed by atoms with Crippen molar-refractivity contribution in [1.29, 1.82) is 0 Å². The predicted molar refractivity (Wildman–Crippen MR) is 44.7 cm³/mol. The molecule has 0 N–H and O–H groups in total. The molecule has 0 bridgehead atoms. The number of aromatic nitrogens is 2. The fourth-order valence-electron chi connectivity index (χ4n) is 1.10. The van der Waals surface area contributed by atoms with Crippen LogP contribution in [0.3, 0.4) is 0 Å². The summed E-state index contributed by atoms with van der Waals surface area (Å²) in [6.07, 6.45) is 1.44. The highest BCUT2D eigenvalue weighted by Crippen LogP contribution is 2.21. The third kappa shape index (κ3) is 1.09. The number of rotatable bonds is 2. The van der Waals surface area contributed by atoms with Crippen LogP contribution < -0.4 is 0 Å². The summed E-state index contributed by atoms with van der Waals surface area (Å²) in [5.41, 5.74) is 0.986. The van der Waals surface area contributed by atoms with Crippen molar-refractivity contribution < 1.29 is 4.92 Å². The summed E-state index contributed by atoms with van der Waals surface area (Å²) in [5.74, 6) is 0.